The van der Waals surface area contributed by atoms with Crippen molar-refractivity contribution >= 4 is 6.03 Å². The Morgan fingerprint density at radius 2 is 2.25 bits per heavy atom. The fourth-order valence-electron chi connectivity index (χ4n) is 2.48. The summed E-state index contributed by atoms with van der Waals surface area (Å²) < 4.78 is 10.5. The number of likely N-dealkylation sites (tertiary alicyclic amines) is 1. The van der Waals surface area contributed by atoms with Crippen LogP contribution in [0.15, 0.2) is 18.2 Å². The summed E-state index contributed by atoms with van der Waals surface area (Å²) in [5.41, 5.74) is 0.958. The van der Waals surface area contributed by atoms with E-state index in [9.17, 15) is 9.90 Å². The maximum atomic E-state index is 12.0. The molecular weight excluding hydrogens is 260 g/mol. The standard InChI is InChI=1S/C14H18N2O4/c17-11-2-1-5-16(8-11)14(18)15-7-10-3-4-12-13(6-10)20-9-19-12/h3-4,6,11,17H,1-2,5,7-9H2,(H,15,18)/t11-/m0/s1. The van der Waals surface area contributed by atoms with E-state index in [2.05, 4.69) is 5.32 Å². The molecule has 0 radical (unpaired) electrons. The molecule has 6 nitrogen and oxygen atoms in total. The van der Waals surface area contributed by atoms with Crippen molar-refractivity contribution in [3.8, 4) is 11.5 Å². The van der Waals surface area contributed by atoms with Crippen molar-refractivity contribution in [2.45, 2.75) is 25.5 Å². The molecule has 1 fully saturated rings. The molecular formula is C14H18N2O4. The number of nitrogens with one attached hydrogen (secondary N) is 1. The monoisotopic (exact) mass is 278 g/mol. The smallest absolute Gasteiger partial charge is 0.317 e. The number of nitrogens with zero attached hydrogens (tertiary/aromatic N) is 1. The van der Waals surface area contributed by atoms with Crippen molar-refractivity contribution in [2.75, 3.05) is 19.9 Å². The van der Waals surface area contributed by atoms with Crippen LogP contribution in [-0.2, 0) is 6.54 Å². The van der Waals surface area contributed by atoms with Crippen LogP contribution in [0.2, 0.25) is 0 Å². The molecule has 2 aliphatic heterocycles. The lowest BCUT2D eigenvalue weighted by Gasteiger charge is -2.30. The number of β-amino-alcohol motifs (C(OH)–C–C–N with tert-alkyl or cyclic N) is 1. The summed E-state index contributed by atoms with van der Waals surface area (Å²) in [6.45, 7) is 1.79. The first-order chi connectivity index (χ1) is 9.72. The predicted molar refractivity (Wildman–Crippen MR) is 71.6 cm³/mol. The lowest BCUT2D eigenvalue weighted by atomic mass is 10.1. The molecule has 0 unspecified atom stereocenters. The highest BCUT2D eigenvalue weighted by Gasteiger charge is 2.21. The summed E-state index contributed by atoms with van der Waals surface area (Å²) in [7, 11) is 0. The average Bonchev–Trinajstić information content (AvgIpc) is 2.92. The number of hydrogen-bond donors (Lipinski definition) is 2. The van der Waals surface area contributed by atoms with Gasteiger partial charge in [0.15, 0.2) is 11.5 Å². The van der Waals surface area contributed by atoms with Gasteiger partial charge in [0.05, 0.1) is 6.10 Å². The molecule has 2 heterocycles. The van der Waals surface area contributed by atoms with Crippen LogP contribution in [0.25, 0.3) is 0 Å². The average molecular weight is 278 g/mol. The Balaban J connectivity index is 1.55. The first-order valence-electron chi connectivity index (χ1n) is 6.82. The number of carbonyl (C=O) groups is 1. The fourth-order valence-corrected chi connectivity index (χ4v) is 2.48. The normalized spacial score (nSPS) is 20.9. The maximum Gasteiger partial charge on any atom is 0.317 e. The zero-order chi connectivity index (χ0) is 13.9. The molecule has 2 amide bonds. The molecule has 0 aliphatic carbocycles. The molecule has 3 rings (SSSR count). The van der Waals surface area contributed by atoms with E-state index in [1.807, 2.05) is 18.2 Å². The van der Waals surface area contributed by atoms with Gasteiger partial charge in [0.25, 0.3) is 0 Å². The summed E-state index contributed by atoms with van der Waals surface area (Å²) in [5.74, 6) is 1.45. The minimum absolute atomic E-state index is 0.138. The van der Waals surface area contributed by atoms with Crippen LogP contribution in [0.3, 0.4) is 0 Å². The second-order valence-electron chi connectivity index (χ2n) is 5.09. The minimum atomic E-state index is -0.403. The molecule has 2 N–H and O–H groups in total. The molecule has 108 valence electrons. The second-order valence-corrected chi connectivity index (χ2v) is 5.09. The van der Waals surface area contributed by atoms with Gasteiger partial charge in [-0.15, -0.1) is 0 Å². The van der Waals surface area contributed by atoms with Gasteiger partial charge in [-0.3, -0.25) is 0 Å². The lowest BCUT2D eigenvalue weighted by molar-refractivity contribution is 0.0842. The summed E-state index contributed by atoms with van der Waals surface area (Å²) >= 11 is 0. The van der Waals surface area contributed by atoms with E-state index >= 15 is 0 Å². The molecule has 1 aromatic carbocycles. The molecule has 2 aliphatic rings. The van der Waals surface area contributed by atoms with Gasteiger partial charge < -0.3 is 24.8 Å². The zero-order valence-electron chi connectivity index (χ0n) is 11.2. The van der Waals surface area contributed by atoms with Crippen molar-refractivity contribution in [3.63, 3.8) is 0 Å². The van der Waals surface area contributed by atoms with Crippen LogP contribution in [0.5, 0.6) is 11.5 Å². The molecule has 0 spiro atoms. The third kappa shape index (κ3) is 2.80. The van der Waals surface area contributed by atoms with E-state index in [1.54, 1.807) is 4.90 Å². The topological polar surface area (TPSA) is 71.0 Å². The number of rotatable bonds is 2. The number of aliphatic hydroxyl groups excluding tert-OH is 1. The van der Waals surface area contributed by atoms with Crippen LogP contribution in [0, 0.1) is 0 Å². The van der Waals surface area contributed by atoms with Crippen molar-refractivity contribution in [3.05, 3.63) is 23.8 Å². The number of urea groups is 1. The SMILES string of the molecule is O=C(NCc1ccc2c(c1)OCO2)N1CCC[C@H](O)C1. The maximum absolute atomic E-state index is 12.0. The van der Waals surface area contributed by atoms with Gasteiger partial charge >= 0.3 is 6.03 Å². The fraction of sp³-hybridized carbons (Fsp3) is 0.500. The Labute approximate surface area is 117 Å². The van der Waals surface area contributed by atoms with Crippen molar-refractivity contribution in [2.24, 2.45) is 0 Å². The first kappa shape index (κ1) is 13.1. The van der Waals surface area contributed by atoms with Crippen LogP contribution in [0.4, 0.5) is 4.79 Å². The molecule has 0 saturated carbocycles. The van der Waals surface area contributed by atoms with E-state index in [-0.39, 0.29) is 12.8 Å². The molecule has 0 aromatic heterocycles. The third-order valence-electron chi connectivity index (χ3n) is 3.56. The van der Waals surface area contributed by atoms with Crippen LogP contribution in [0.1, 0.15) is 18.4 Å². The Morgan fingerprint density at radius 1 is 1.40 bits per heavy atom. The van der Waals surface area contributed by atoms with E-state index < -0.39 is 6.10 Å². The number of fused-ring (bicyclic) bond motifs is 1. The van der Waals surface area contributed by atoms with Gasteiger partial charge in [-0.05, 0) is 30.5 Å². The van der Waals surface area contributed by atoms with E-state index in [0.29, 0.717) is 25.4 Å². The van der Waals surface area contributed by atoms with Gasteiger partial charge in [-0.25, -0.2) is 4.79 Å². The van der Waals surface area contributed by atoms with Crippen molar-refractivity contribution in [1.29, 1.82) is 0 Å². The minimum Gasteiger partial charge on any atom is -0.454 e. The number of hydrogen-bond acceptors (Lipinski definition) is 4. The molecule has 20 heavy (non-hydrogen) atoms. The van der Waals surface area contributed by atoms with Gasteiger partial charge in [-0.2, -0.15) is 0 Å². The number of aliphatic hydroxyl groups is 1. The number of benzene rings is 1. The van der Waals surface area contributed by atoms with Gasteiger partial charge in [0, 0.05) is 19.6 Å². The second kappa shape index (κ2) is 5.58. The van der Waals surface area contributed by atoms with E-state index in [1.165, 1.54) is 0 Å². The van der Waals surface area contributed by atoms with Crippen LogP contribution < -0.4 is 14.8 Å². The van der Waals surface area contributed by atoms with Crippen molar-refractivity contribution in [1.82, 2.24) is 10.2 Å². The quantitative estimate of drug-likeness (QED) is 0.849. The summed E-state index contributed by atoms with van der Waals surface area (Å²) in [6, 6.07) is 5.47. The van der Waals surface area contributed by atoms with Crippen LogP contribution >= 0.6 is 0 Å². The molecule has 1 saturated heterocycles. The van der Waals surface area contributed by atoms with Crippen molar-refractivity contribution < 1.29 is 19.4 Å². The van der Waals surface area contributed by atoms with Gasteiger partial charge in [-0.1, -0.05) is 6.07 Å². The Bertz CT molecular complexity index is 506. The molecule has 6 heteroatoms. The Hall–Kier alpha value is -1.95. The highest BCUT2D eigenvalue weighted by Crippen LogP contribution is 2.32. The van der Waals surface area contributed by atoms with Gasteiger partial charge in [0.2, 0.25) is 6.79 Å². The van der Waals surface area contributed by atoms with Crippen LogP contribution in [-0.4, -0.2) is 42.0 Å². The van der Waals surface area contributed by atoms with E-state index in [4.69, 9.17) is 9.47 Å². The molecule has 1 aromatic rings. The van der Waals surface area contributed by atoms with E-state index in [0.717, 1.165) is 24.2 Å². The predicted octanol–water partition coefficient (Wildman–Crippen LogP) is 1.08. The summed E-state index contributed by atoms with van der Waals surface area (Å²) in [4.78, 5) is 13.7. The molecule has 1 atom stereocenters. The Morgan fingerprint density at radius 3 is 3.10 bits per heavy atom. The Kier molecular flexibility index (Phi) is 3.64. The highest BCUT2D eigenvalue weighted by molar-refractivity contribution is 5.74. The number of piperidine rings is 1. The summed E-state index contributed by atoms with van der Waals surface area (Å²) in [6.07, 6.45) is 1.21. The lowest BCUT2D eigenvalue weighted by Crippen LogP contribution is -2.46. The number of carbonyl (C=O) groups excluding carboxylic acids is 1. The first-order valence-corrected chi connectivity index (χ1v) is 6.82. The third-order valence-corrected chi connectivity index (χ3v) is 3.56. The highest BCUT2D eigenvalue weighted by atomic mass is 16.7. The number of amides is 2. The summed E-state index contributed by atoms with van der Waals surface area (Å²) in [5, 5.41) is 12.4. The van der Waals surface area contributed by atoms with Gasteiger partial charge in [0.1, 0.15) is 0 Å². The largest absolute Gasteiger partial charge is 0.454 e. The molecule has 0 bridgehead atoms. The number of ether oxygens (including phenoxy) is 2. The zero-order valence-corrected chi connectivity index (χ0v) is 11.2.